The van der Waals surface area contributed by atoms with E-state index in [0.717, 1.165) is 25.4 Å². The average Bonchev–Trinajstić information content (AvgIpc) is 3.19. The van der Waals surface area contributed by atoms with E-state index in [1.54, 1.807) is 0 Å². The van der Waals surface area contributed by atoms with Crippen LogP contribution < -0.4 is 10.6 Å². The molecule has 4 aliphatic rings. The lowest BCUT2D eigenvalue weighted by molar-refractivity contribution is -0.0710. The second-order valence-electron chi connectivity index (χ2n) is 7.85. The van der Waals surface area contributed by atoms with E-state index in [1.165, 1.54) is 37.3 Å². The van der Waals surface area contributed by atoms with Crippen molar-refractivity contribution < 1.29 is 9.47 Å². The molecule has 0 radical (unpaired) electrons. The summed E-state index contributed by atoms with van der Waals surface area (Å²) in [7, 11) is 3.64. The number of nitrogens with zero attached hydrogens (tertiary/aromatic N) is 1. The Kier molecular flexibility index (Phi) is 6.54. The van der Waals surface area contributed by atoms with Crippen LogP contribution in [0, 0.1) is 5.92 Å². The zero-order valence-electron chi connectivity index (χ0n) is 15.5. The zero-order chi connectivity index (χ0) is 17.2. The van der Waals surface area contributed by atoms with Crippen LogP contribution in [-0.4, -0.2) is 78.9 Å². The second-order valence-corrected chi connectivity index (χ2v) is 10.1. The fourth-order valence-corrected chi connectivity index (χ4v) is 7.48. The first kappa shape index (κ1) is 18.8. The molecule has 0 amide bonds. The Labute approximate surface area is 160 Å². The lowest BCUT2D eigenvalue weighted by Gasteiger charge is -2.36. The van der Waals surface area contributed by atoms with Crippen molar-refractivity contribution in [1.29, 1.82) is 0 Å². The molecule has 2 aliphatic heterocycles. The molecule has 6 unspecified atom stereocenters. The minimum atomic E-state index is 0.259. The van der Waals surface area contributed by atoms with E-state index in [4.69, 9.17) is 9.47 Å². The average molecular weight is 388 g/mol. The van der Waals surface area contributed by atoms with Crippen LogP contribution in [0.3, 0.4) is 0 Å². The number of thioether (sulfide) groups is 2. The smallest absolute Gasteiger partial charge is 0.108 e. The molecule has 0 bridgehead atoms. The van der Waals surface area contributed by atoms with Crippen molar-refractivity contribution >= 4 is 23.5 Å². The topological polar surface area (TPSA) is 45.8 Å². The largest absolute Gasteiger partial charge is 0.379 e. The quantitative estimate of drug-likeness (QED) is 0.692. The van der Waals surface area contributed by atoms with E-state index in [2.05, 4.69) is 39.1 Å². The standard InChI is InChI=1S/C18H33N3O2S2/c1-22-15-6-3-12(9-16(15)23-2)17-20-13(10-24-17)11-25-18-19-7-8-21(18)14-4-5-14/h12-20H,3-11H2,1-2H3. The molecule has 2 aliphatic carbocycles. The van der Waals surface area contributed by atoms with Crippen LogP contribution in [0.4, 0.5) is 0 Å². The Balaban J connectivity index is 1.22. The summed E-state index contributed by atoms with van der Waals surface area (Å²) in [6.07, 6.45) is 6.85. The molecule has 2 N–H and O–H groups in total. The van der Waals surface area contributed by atoms with Crippen LogP contribution in [0.5, 0.6) is 0 Å². The van der Waals surface area contributed by atoms with Gasteiger partial charge in [0.1, 0.15) is 5.50 Å². The molecule has 0 aromatic carbocycles. The van der Waals surface area contributed by atoms with E-state index < -0.39 is 0 Å². The SMILES string of the molecule is COC1CCC(C2NC(CSC3NCCN3C3CC3)CS2)CC1OC. The van der Waals surface area contributed by atoms with Gasteiger partial charge in [-0.25, -0.2) is 0 Å². The van der Waals surface area contributed by atoms with Crippen molar-refractivity contribution in [2.45, 2.75) is 67.3 Å². The molecule has 0 aromatic rings. The highest BCUT2D eigenvalue weighted by atomic mass is 32.2. The highest BCUT2D eigenvalue weighted by Gasteiger charge is 2.40. The van der Waals surface area contributed by atoms with Crippen LogP contribution in [0.15, 0.2) is 0 Å². The maximum atomic E-state index is 5.69. The summed E-state index contributed by atoms with van der Waals surface area (Å²) in [6.45, 7) is 2.39. The van der Waals surface area contributed by atoms with Crippen LogP contribution in [0.2, 0.25) is 0 Å². The van der Waals surface area contributed by atoms with E-state index in [9.17, 15) is 0 Å². The first-order valence-corrected chi connectivity index (χ1v) is 11.9. The Bertz CT molecular complexity index is 441. The maximum Gasteiger partial charge on any atom is 0.108 e. The van der Waals surface area contributed by atoms with E-state index in [1.807, 2.05) is 14.2 Å². The van der Waals surface area contributed by atoms with E-state index >= 15 is 0 Å². The van der Waals surface area contributed by atoms with Crippen LogP contribution in [0.1, 0.15) is 32.1 Å². The molecule has 2 heterocycles. The van der Waals surface area contributed by atoms with Crippen molar-refractivity contribution in [3.63, 3.8) is 0 Å². The predicted molar refractivity (Wildman–Crippen MR) is 106 cm³/mol. The van der Waals surface area contributed by atoms with Gasteiger partial charge >= 0.3 is 0 Å². The predicted octanol–water partition coefficient (Wildman–Crippen LogP) is 1.93. The number of methoxy groups -OCH3 is 2. The normalized spacial score (nSPS) is 43.0. The molecule has 7 heteroatoms. The van der Waals surface area contributed by atoms with Gasteiger partial charge in [-0.2, -0.15) is 0 Å². The number of hydrogen-bond acceptors (Lipinski definition) is 7. The first-order valence-electron chi connectivity index (χ1n) is 9.82. The Morgan fingerprint density at radius 3 is 2.72 bits per heavy atom. The molecule has 0 spiro atoms. The summed E-state index contributed by atoms with van der Waals surface area (Å²) < 4.78 is 11.3. The van der Waals surface area contributed by atoms with Gasteiger partial charge in [0.05, 0.1) is 17.6 Å². The molecule has 2 saturated carbocycles. The Hall–Kier alpha value is 0.500. The van der Waals surface area contributed by atoms with Gasteiger partial charge in [0.25, 0.3) is 0 Å². The highest BCUT2D eigenvalue weighted by Crippen LogP contribution is 2.38. The third-order valence-electron chi connectivity index (χ3n) is 6.14. The molecule has 5 nitrogen and oxygen atoms in total. The summed E-state index contributed by atoms with van der Waals surface area (Å²) in [6, 6.07) is 1.51. The van der Waals surface area contributed by atoms with E-state index in [0.29, 0.717) is 22.8 Å². The second kappa shape index (κ2) is 8.67. The van der Waals surface area contributed by atoms with Crippen LogP contribution in [-0.2, 0) is 9.47 Å². The fraction of sp³-hybridized carbons (Fsp3) is 1.00. The third-order valence-corrected chi connectivity index (χ3v) is 8.97. The van der Waals surface area contributed by atoms with Gasteiger partial charge in [0.15, 0.2) is 0 Å². The molecule has 4 rings (SSSR count). The van der Waals surface area contributed by atoms with Crippen molar-refractivity contribution in [3.8, 4) is 0 Å². The lowest BCUT2D eigenvalue weighted by Crippen LogP contribution is -2.44. The molecular formula is C18H33N3O2S2. The van der Waals surface area contributed by atoms with Crippen molar-refractivity contribution in [2.24, 2.45) is 5.92 Å². The number of hydrogen-bond donors (Lipinski definition) is 2. The third kappa shape index (κ3) is 4.50. The molecule has 144 valence electrons. The maximum absolute atomic E-state index is 5.69. The summed E-state index contributed by atoms with van der Waals surface area (Å²) in [5.41, 5.74) is 0.549. The van der Waals surface area contributed by atoms with Crippen molar-refractivity contribution in [1.82, 2.24) is 15.5 Å². The fourth-order valence-electron chi connectivity index (χ4n) is 4.54. The molecule has 2 saturated heterocycles. The molecular weight excluding hydrogens is 354 g/mol. The molecule has 0 aromatic heterocycles. The Morgan fingerprint density at radius 1 is 1.12 bits per heavy atom. The zero-order valence-corrected chi connectivity index (χ0v) is 17.1. The van der Waals surface area contributed by atoms with Gasteiger partial charge in [0.2, 0.25) is 0 Å². The summed E-state index contributed by atoms with van der Waals surface area (Å²) in [5.74, 6) is 3.17. The van der Waals surface area contributed by atoms with Crippen LogP contribution in [0.25, 0.3) is 0 Å². The van der Waals surface area contributed by atoms with E-state index in [-0.39, 0.29) is 12.2 Å². The minimum absolute atomic E-state index is 0.259. The monoisotopic (exact) mass is 387 g/mol. The summed E-state index contributed by atoms with van der Waals surface area (Å²) in [4.78, 5) is 2.68. The number of rotatable bonds is 7. The molecule has 4 fully saturated rings. The minimum Gasteiger partial charge on any atom is -0.379 e. The first-order chi connectivity index (χ1) is 12.3. The van der Waals surface area contributed by atoms with Crippen molar-refractivity contribution in [2.75, 3.05) is 38.8 Å². The van der Waals surface area contributed by atoms with Gasteiger partial charge in [-0.05, 0) is 38.0 Å². The highest BCUT2D eigenvalue weighted by molar-refractivity contribution is 8.01. The van der Waals surface area contributed by atoms with Crippen molar-refractivity contribution in [3.05, 3.63) is 0 Å². The summed E-state index contributed by atoms with van der Waals surface area (Å²) in [5, 5.41) is 8.19. The van der Waals surface area contributed by atoms with Crippen LogP contribution >= 0.6 is 23.5 Å². The van der Waals surface area contributed by atoms with Gasteiger partial charge in [0, 0.05) is 50.9 Å². The Morgan fingerprint density at radius 2 is 1.96 bits per heavy atom. The van der Waals surface area contributed by atoms with Gasteiger partial charge < -0.3 is 14.8 Å². The van der Waals surface area contributed by atoms with Gasteiger partial charge in [-0.1, -0.05) is 0 Å². The summed E-state index contributed by atoms with van der Waals surface area (Å²) >= 11 is 4.24. The van der Waals surface area contributed by atoms with Gasteiger partial charge in [-0.15, -0.1) is 23.5 Å². The molecule has 25 heavy (non-hydrogen) atoms. The lowest BCUT2D eigenvalue weighted by atomic mass is 9.84. The van der Waals surface area contributed by atoms with Gasteiger partial charge in [-0.3, -0.25) is 10.2 Å². The molecule has 6 atom stereocenters. The number of nitrogens with one attached hydrogen (secondary N) is 2. The number of ether oxygens (including phenoxy) is 2.